The molecule has 4 heteroatoms. The first kappa shape index (κ1) is 21.4. The van der Waals surface area contributed by atoms with E-state index >= 15 is 0 Å². The summed E-state index contributed by atoms with van der Waals surface area (Å²) in [5.41, 5.74) is 2.56. The number of alkyl halides is 1. The first-order valence-electron chi connectivity index (χ1n) is 11.6. The lowest BCUT2D eigenvalue weighted by molar-refractivity contribution is -0.221. The second-order valence-electron chi connectivity index (χ2n) is 11.1. The van der Waals surface area contributed by atoms with Gasteiger partial charge in [0.15, 0.2) is 8.32 Å². The molecule has 0 radical (unpaired) electrons. The fourth-order valence-corrected chi connectivity index (χ4v) is 9.33. The molecule has 4 aliphatic rings. The highest BCUT2D eigenvalue weighted by Crippen LogP contribution is 2.69. The molecule has 1 spiro atoms. The lowest BCUT2D eigenvalue weighted by atomic mass is 9.66. The van der Waals surface area contributed by atoms with Crippen LogP contribution in [0.4, 0.5) is 0 Å². The lowest BCUT2D eigenvalue weighted by Gasteiger charge is -2.56. The van der Waals surface area contributed by atoms with Crippen LogP contribution >= 0.6 is 22.6 Å². The first-order valence-corrected chi connectivity index (χ1v) is 16.6. The molecule has 2 saturated heterocycles. The molecule has 30 heavy (non-hydrogen) atoms. The van der Waals surface area contributed by atoms with Crippen molar-refractivity contribution in [2.45, 2.75) is 75.5 Å². The van der Waals surface area contributed by atoms with Gasteiger partial charge in [0.1, 0.15) is 0 Å². The van der Waals surface area contributed by atoms with Crippen LogP contribution in [0.3, 0.4) is 0 Å². The Morgan fingerprint density at radius 2 is 2.00 bits per heavy atom. The fraction of sp³-hybridized carbons (Fsp3) is 0.615. The number of ether oxygens (including phenoxy) is 1. The average Bonchev–Trinajstić information content (AvgIpc) is 3.13. The normalized spacial score (nSPS) is 43.6. The topological polar surface area (TPSA) is 18.5 Å². The van der Waals surface area contributed by atoms with E-state index in [-0.39, 0.29) is 16.8 Å². The summed E-state index contributed by atoms with van der Waals surface area (Å²) in [4.78, 5) is 0. The van der Waals surface area contributed by atoms with Gasteiger partial charge in [-0.15, -0.1) is 0 Å². The van der Waals surface area contributed by atoms with Crippen molar-refractivity contribution in [2.24, 2.45) is 17.8 Å². The van der Waals surface area contributed by atoms with Crippen molar-refractivity contribution in [1.82, 2.24) is 0 Å². The van der Waals surface area contributed by atoms with Gasteiger partial charge in [-0.3, -0.25) is 0 Å². The van der Waals surface area contributed by atoms with Crippen LogP contribution in [0, 0.1) is 17.8 Å². The van der Waals surface area contributed by atoms with Crippen LogP contribution in [-0.2, 0) is 9.16 Å². The van der Waals surface area contributed by atoms with Gasteiger partial charge in [0, 0.05) is 22.7 Å². The van der Waals surface area contributed by atoms with Crippen molar-refractivity contribution in [3.63, 3.8) is 0 Å². The van der Waals surface area contributed by atoms with Crippen molar-refractivity contribution in [1.29, 1.82) is 0 Å². The monoisotopic (exact) mass is 534 g/mol. The molecular weight excluding hydrogens is 499 g/mol. The van der Waals surface area contributed by atoms with Gasteiger partial charge in [0.25, 0.3) is 0 Å². The third-order valence-electron chi connectivity index (χ3n) is 7.90. The van der Waals surface area contributed by atoms with E-state index in [1.54, 1.807) is 0 Å². The summed E-state index contributed by atoms with van der Waals surface area (Å²) in [6.45, 7) is 9.53. The third-order valence-corrected chi connectivity index (χ3v) is 10.3. The Morgan fingerprint density at radius 3 is 2.70 bits per heavy atom. The highest BCUT2D eigenvalue weighted by atomic mass is 127. The van der Waals surface area contributed by atoms with Crippen LogP contribution in [0.25, 0.3) is 6.08 Å². The molecule has 0 aromatic heterocycles. The Labute approximate surface area is 196 Å². The van der Waals surface area contributed by atoms with Gasteiger partial charge in [-0.1, -0.05) is 78.1 Å². The zero-order valence-corrected chi connectivity index (χ0v) is 21.9. The van der Waals surface area contributed by atoms with E-state index in [1.165, 1.54) is 17.6 Å². The van der Waals surface area contributed by atoms with Crippen LogP contribution < -0.4 is 0 Å². The molecule has 2 aliphatic heterocycles. The minimum absolute atomic E-state index is 0.0433. The predicted molar refractivity (Wildman–Crippen MR) is 135 cm³/mol. The molecule has 2 aliphatic carbocycles. The number of fused-ring (bicyclic) bond motifs is 2. The van der Waals surface area contributed by atoms with Crippen molar-refractivity contribution in [3.8, 4) is 0 Å². The molecule has 1 aromatic rings. The first-order chi connectivity index (χ1) is 14.2. The van der Waals surface area contributed by atoms with Gasteiger partial charge in [0.05, 0.1) is 16.8 Å². The van der Waals surface area contributed by atoms with Crippen molar-refractivity contribution in [3.05, 3.63) is 53.6 Å². The number of benzene rings is 1. The minimum atomic E-state index is -1.78. The third kappa shape index (κ3) is 3.23. The Bertz CT molecular complexity index is 875. The van der Waals surface area contributed by atoms with Crippen LogP contribution in [0.2, 0.25) is 19.6 Å². The van der Waals surface area contributed by atoms with Crippen LogP contribution in [0.15, 0.2) is 48.1 Å². The molecule has 0 N–H and O–H groups in total. The fourth-order valence-electron chi connectivity index (χ4n) is 7.16. The Balaban J connectivity index is 1.70. The van der Waals surface area contributed by atoms with E-state index in [2.05, 4.69) is 97.7 Å². The average molecular weight is 535 g/mol. The van der Waals surface area contributed by atoms with Gasteiger partial charge in [0.2, 0.25) is 0 Å². The zero-order chi connectivity index (χ0) is 21.2. The van der Waals surface area contributed by atoms with Crippen LogP contribution in [0.1, 0.15) is 44.6 Å². The SMILES string of the molecule is C[C@H]1C[C@H]2[C@@]34CCC=C[C@@H]3C[C@@](CI)(C[C@]2(O[Si](C)(C)C)C1=Cc1ccccc1)O4. The molecule has 162 valence electrons. The number of hydrogen-bond acceptors (Lipinski definition) is 2. The summed E-state index contributed by atoms with van der Waals surface area (Å²) >= 11 is 2.58. The minimum Gasteiger partial charge on any atom is -0.408 e. The molecule has 6 atom stereocenters. The number of hydrogen-bond donors (Lipinski definition) is 0. The molecule has 0 amide bonds. The largest absolute Gasteiger partial charge is 0.408 e. The lowest BCUT2D eigenvalue weighted by Crippen LogP contribution is -2.63. The van der Waals surface area contributed by atoms with E-state index in [0.29, 0.717) is 17.8 Å². The maximum absolute atomic E-state index is 7.36. The second kappa shape index (κ2) is 7.29. The van der Waals surface area contributed by atoms with Gasteiger partial charge < -0.3 is 9.16 Å². The molecule has 2 heterocycles. The molecule has 5 rings (SSSR count). The smallest absolute Gasteiger partial charge is 0.184 e. The quantitative estimate of drug-likeness (QED) is 0.179. The van der Waals surface area contributed by atoms with Crippen LogP contribution in [0.5, 0.6) is 0 Å². The molecule has 0 unspecified atom stereocenters. The van der Waals surface area contributed by atoms with Gasteiger partial charge in [-0.25, -0.2) is 0 Å². The number of halogens is 1. The zero-order valence-electron chi connectivity index (χ0n) is 18.8. The van der Waals surface area contributed by atoms with E-state index in [1.807, 2.05) is 0 Å². The Hall–Kier alpha value is -0.433. The summed E-state index contributed by atoms with van der Waals surface area (Å²) < 4.78 is 15.6. The molecular formula is C26H35IO2Si. The molecule has 1 saturated carbocycles. The van der Waals surface area contributed by atoms with Crippen LogP contribution in [-0.4, -0.2) is 29.5 Å². The summed E-state index contributed by atoms with van der Waals surface area (Å²) in [7, 11) is -1.78. The predicted octanol–water partition coefficient (Wildman–Crippen LogP) is 7.02. The summed E-state index contributed by atoms with van der Waals surface area (Å²) in [6.07, 6.45) is 13.0. The summed E-state index contributed by atoms with van der Waals surface area (Å²) in [5.74, 6) is 1.53. The van der Waals surface area contributed by atoms with E-state index in [9.17, 15) is 0 Å². The van der Waals surface area contributed by atoms with Gasteiger partial charge in [-0.05, 0) is 62.4 Å². The molecule has 2 bridgehead atoms. The second-order valence-corrected chi connectivity index (χ2v) is 16.3. The van der Waals surface area contributed by atoms with Crippen molar-refractivity contribution < 1.29 is 9.16 Å². The summed E-state index contributed by atoms with van der Waals surface area (Å²) in [6, 6.07) is 10.9. The highest BCUT2D eigenvalue weighted by Gasteiger charge is 2.72. The van der Waals surface area contributed by atoms with Crippen molar-refractivity contribution >= 4 is 37.0 Å². The van der Waals surface area contributed by atoms with E-state index < -0.39 is 8.32 Å². The van der Waals surface area contributed by atoms with E-state index in [0.717, 1.165) is 30.1 Å². The highest BCUT2D eigenvalue weighted by molar-refractivity contribution is 14.1. The number of rotatable bonds is 4. The van der Waals surface area contributed by atoms with Gasteiger partial charge >= 0.3 is 0 Å². The standard InChI is InChI=1S/C26H35IO2Si/c1-19-14-23-25-13-9-8-12-21(25)16-24(18-27,28-25)17-26(23,29-30(2,3)4)22(19)15-20-10-6-5-7-11-20/h5-8,10-12,15,19,21,23H,9,13-14,16-18H2,1-4H3/t19-,21+,23-,24-,25+,26-/m0/s1. The molecule has 2 nitrogen and oxygen atoms in total. The Kier molecular flexibility index (Phi) is 5.20. The maximum atomic E-state index is 7.36. The van der Waals surface area contributed by atoms with Crippen molar-refractivity contribution in [2.75, 3.05) is 4.43 Å². The number of allylic oxidation sites excluding steroid dienone is 1. The summed E-state index contributed by atoms with van der Waals surface area (Å²) in [5, 5.41) is 0. The molecule has 3 fully saturated rings. The Morgan fingerprint density at radius 1 is 1.23 bits per heavy atom. The maximum Gasteiger partial charge on any atom is 0.184 e. The van der Waals surface area contributed by atoms with E-state index in [4.69, 9.17) is 9.16 Å². The van der Waals surface area contributed by atoms with Gasteiger partial charge in [-0.2, -0.15) is 0 Å². The molecule has 1 aromatic carbocycles.